The third-order valence-corrected chi connectivity index (χ3v) is 3.73. The fraction of sp³-hybridized carbons (Fsp3) is 0.538. The molecule has 0 spiro atoms. The first kappa shape index (κ1) is 13.8. The fourth-order valence-electron chi connectivity index (χ4n) is 1.99. The minimum absolute atomic E-state index is 0.330. The lowest BCUT2D eigenvalue weighted by Gasteiger charge is -2.26. The van der Waals surface area contributed by atoms with Crippen molar-refractivity contribution in [1.29, 1.82) is 0 Å². The standard InChI is InChI=1S/C13H19BrN2O2/c14-12-3-1-2-11(13(12)17)10-15-4-5-16-6-8-18-9-7-16/h1-3,15,17H,4-10H2. The van der Waals surface area contributed by atoms with Crippen molar-refractivity contribution in [3.05, 3.63) is 28.2 Å². The van der Waals surface area contributed by atoms with Crippen LogP contribution >= 0.6 is 15.9 Å². The zero-order chi connectivity index (χ0) is 12.8. The molecule has 18 heavy (non-hydrogen) atoms. The molecular weight excluding hydrogens is 296 g/mol. The van der Waals surface area contributed by atoms with Gasteiger partial charge in [-0.3, -0.25) is 4.90 Å². The molecule has 1 aromatic rings. The van der Waals surface area contributed by atoms with Crippen molar-refractivity contribution in [2.45, 2.75) is 6.54 Å². The van der Waals surface area contributed by atoms with Crippen molar-refractivity contribution in [3.63, 3.8) is 0 Å². The fourth-order valence-corrected chi connectivity index (χ4v) is 2.39. The SMILES string of the molecule is Oc1c(Br)cccc1CNCCN1CCOCC1. The smallest absolute Gasteiger partial charge is 0.134 e. The maximum absolute atomic E-state index is 9.83. The summed E-state index contributed by atoms with van der Waals surface area (Å²) >= 11 is 3.32. The van der Waals surface area contributed by atoms with Gasteiger partial charge in [-0.25, -0.2) is 0 Å². The van der Waals surface area contributed by atoms with Gasteiger partial charge in [0.05, 0.1) is 17.7 Å². The molecule has 0 amide bonds. The van der Waals surface area contributed by atoms with Crippen molar-refractivity contribution in [2.75, 3.05) is 39.4 Å². The van der Waals surface area contributed by atoms with E-state index >= 15 is 0 Å². The van der Waals surface area contributed by atoms with E-state index in [1.165, 1.54) is 0 Å². The molecule has 1 aliphatic heterocycles. The average molecular weight is 315 g/mol. The average Bonchev–Trinajstić information content (AvgIpc) is 2.40. The number of hydrogen-bond acceptors (Lipinski definition) is 4. The molecule has 0 aromatic heterocycles. The van der Waals surface area contributed by atoms with Gasteiger partial charge in [-0.2, -0.15) is 0 Å². The second-order valence-corrected chi connectivity index (χ2v) is 5.23. The Bertz CT molecular complexity index is 381. The molecule has 0 atom stereocenters. The quantitative estimate of drug-likeness (QED) is 0.810. The second-order valence-electron chi connectivity index (χ2n) is 4.38. The van der Waals surface area contributed by atoms with Gasteiger partial charge in [-0.1, -0.05) is 12.1 Å². The largest absolute Gasteiger partial charge is 0.506 e. The summed E-state index contributed by atoms with van der Waals surface area (Å²) in [5.74, 6) is 0.330. The Morgan fingerprint density at radius 2 is 2.11 bits per heavy atom. The first-order valence-corrected chi connectivity index (χ1v) is 7.04. The Kier molecular flexibility index (Phi) is 5.44. The van der Waals surface area contributed by atoms with Crippen molar-refractivity contribution in [2.24, 2.45) is 0 Å². The molecule has 1 heterocycles. The maximum atomic E-state index is 9.83. The second kappa shape index (κ2) is 7.09. The molecule has 0 saturated carbocycles. The molecule has 0 radical (unpaired) electrons. The number of hydrogen-bond donors (Lipinski definition) is 2. The number of aromatic hydroxyl groups is 1. The number of benzene rings is 1. The highest BCUT2D eigenvalue weighted by molar-refractivity contribution is 9.10. The van der Waals surface area contributed by atoms with Crippen molar-refractivity contribution in [1.82, 2.24) is 10.2 Å². The van der Waals surface area contributed by atoms with E-state index in [-0.39, 0.29) is 0 Å². The number of nitrogens with zero attached hydrogens (tertiary/aromatic N) is 1. The van der Waals surface area contributed by atoms with E-state index in [1.807, 2.05) is 18.2 Å². The molecule has 1 saturated heterocycles. The van der Waals surface area contributed by atoms with Gasteiger partial charge >= 0.3 is 0 Å². The minimum atomic E-state index is 0.330. The van der Waals surface area contributed by atoms with Crippen LogP contribution in [0.4, 0.5) is 0 Å². The molecule has 1 fully saturated rings. The van der Waals surface area contributed by atoms with Crippen LogP contribution in [0.1, 0.15) is 5.56 Å². The van der Waals surface area contributed by atoms with Crippen LogP contribution in [0.25, 0.3) is 0 Å². The summed E-state index contributed by atoms with van der Waals surface area (Å²) in [6, 6.07) is 5.71. The van der Waals surface area contributed by atoms with Crippen LogP contribution in [0.15, 0.2) is 22.7 Å². The molecule has 4 nitrogen and oxygen atoms in total. The van der Waals surface area contributed by atoms with Crippen LogP contribution in [-0.2, 0) is 11.3 Å². The first-order valence-electron chi connectivity index (χ1n) is 6.24. The molecule has 0 unspecified atom stereocenters. The van der Waals surface area contributed by atoms with Gasteiger partial charge in [-0.05, 0) is 22.0 Å². The minimum Gasteiger partial charge on any atom is -0.506 e. The monoisotopic (exact) mass is 314 g/mol. The Hall–Kier alpha value is -0.620. The van der Waals surface area contributed by atoms with Gasteiger partial charge in [-0.15, -0.1) is 0 Å². The number of nitrogens with one attached hydrogen (secondary N) is 1. The van der Waals surface area contributed by atoms with E-state index in [2.05, 4.69) is 26.1 Å². The summed E-state index contributed by atoms with van der Waals surface area (Å²) in [7, 11) is 0. The molecule has 0 bridgehead atoms. The van der Waals surface area contributed by atoms with Crippen LogP contribution in [0.5, 0.6) is 5.75 Å². The number of ether oxygens (including phenoxy) is 1. The lowest BCUT2D eigenvalue weighted by molar-refractivity contribution is 0.0384. The summed E-state index contributed by atoms with van der Waals surface area (Å²) in [5, 5.41) is 13.2. The van der Waals surface area contributed by atoms with E-state index in [4.69, 9.17) is 4.74 Å². The van der Waals surface area contributed by atoms with Gasteiger partial charge in [0.2, 0.25) is 0 Å². The third kappa shape index (κ3) is 3.95. The number of morpholine rings is 1. The highest BCUT2D eigenvalue weighted by Gasteiger charge is 2.09. The Morgan fingerprint density at radius 1 is 1.33 bits per heavy atom. The van der Waals surface area contributed by atoms with Crippen molar-refractivity contribution < 1.29 is 9.84 Å². The summed E-state index contributed by atoms with van der Waals surface area (Å²) in [4.78, 5) is 2.39. The summed E-state index contributed by atoms with van der Waals surface area (Å²) in [6.07, 6.45) is 0. The van der Waals surface area contributed by atoms with Crippen LogP contribution < -0.4 is 5.32 Å². The topological polar surface area (TPSA) is 44.7 Å². The first-order chi connectivity index (χ1) is 8.77. The number of phenols is 1. The zero-order valence-electron chi connectivity index (χ0n) is 10.4. The Labute approximate surface area is 116 Å². The Balaban J connectivity index is 1.70. The van der Waals surface area contributed by atoms with E-state index in [0.717, 1.165) is 49.4 Å². The highest BCUT2D eigenvalue weighted by atomic mass is 79.9. The summed E-state index contributed by atoms with van der Waals surface area (Å²) < 4.78 is 6.05. The van der Waals surface area contributed by atoms with E-state index in [9.17, 15) is 5.11 Å². The molecule has 2 rings (SSSR count). The Morgan fingerprint density at radius 3 is 2.89 bits per heavy atom. The summed E-state index contributed by atoms with van der Waals surface area (Å²) in [6.45, 7) is 6.35. The van der Waals surface area contributed by atoms with E-state index < -0.39 is 0 Å². The predicted molar refractivity (Wildman–Crippen MR) is 74.8 cm³/mol. The lowest BCUT2D eigenvalue weighted by Crippen LogP contribution is -2.40. The molecule has 2 N–H and O–H groups in total. The van der Waals surface area contributed by atoms with E-state index in [1.54, 1.807) is 0 Å². The van der Waals surface area contributed by atoms with Gasteiger partial charge in [0.25, 0.3) is 0 Å². The molecule has 0 aliphatic carbocycles. The molecular formula is C13H19BrN2O2. The third-order valence-electron chi connectivity index (χ3n) is 3.09. The lowest BCUT2D eigenvalue weighted by atomic mass is 10.2. The van der Waals surface area contributed by atoms with Crippen LogP contribution in [0.3, 0.4) is 0 Å². The summed E-state index contributed by atoms with van der Waals surface area (Å²) in [5.41, 5.74) is 0.923. The highest BCUT2D eigenvalue weighted by Crippen LogP contribution is 2.26. The van der Waals surface area contributed by atoms with Crippen molar-refractivity contribution >= 4 is 15.9 Å². The van der Waals surface area contributed by atoms with E-state index in [0.29, 0.717) is 12.3 Å². The normalized spacial score (nSPS) is 16.9. The molecule has 5 heteroatoms. The van der Waals surface area contributed by atoms with Gasteiger partial charge < -0.3 is 15.2 Å². The van der Waals surface area contributed by atoms with Crippen molar-refractivity contribution in [3.8, 4) is 5.75 Å². The predicted octanol–water partition coefficient (Wildman–Crippen LogP) is 1.58. The number of rotatable bonds is 5. The molecule has 1 aliphatic rings. The van der Waals surface area contributed by atoms with Gasteiger partial charge in [0.1, 0.15) is 5.75 Å². The van der Waals surface area contributed by atoms with Crippen LogP contribution in [-0.4, -0.2) is 49.4 Å². The maximum Gasteiger partial charge on any atom is 0.134 e. The van der Waals surface area contributed by atoms with Crippen LogP contribution in [0, 0.1) is 0 Å². The van der Waals surface area contributed by atoms with Gasteiger partial charge in [0.15, 0.2) is 0 Å². The van der Waals surface area contributed by atoms with Crippen LogP contribution in [0.2, 0.25) is 0 Å². The molecule has 1 aromatic carbocycles. The molecule has 100 valence electrons. The number of para-hydroxylation sites is 1. The van der Waals surface area contributed by atoms with Gasteiger partial charge in [0, 0.05) is 38.3 Å². The number of halogens is 1. The zero-order valence-corrected chi connectivity index (χ0v) is 11.9. The number of phenolic OH excluding ortho intramolecular Hbond substituents is 1.